The Balaban J connectivity index is 1.75. The molecule has 4 heteroatoms. The molecule has 0 saturated carbocycles. The van der Waals surface area contributed by atoms with E-state index in [0.717, 1.165) is 0 Å². The van der Waals surface area contributed by atoms with Gasteiger partial charge < -0.3 is 0 Å². The van der Waals surface area contributed by atoms with Gasteiger partial charge in [0.25, 0.3) is 0 Å². The monoisotopic (exact) mass is 629 g/mol. The summed E-state index contributed by atoms with van der Waals surface area (Å²) in [5, 5.41) is 2.69. The molecule has 2 aliphatic carbocycles. The van der Waals surface area contributed by atoms with E-state index in [2.05, 4.69) is 137 Å². The molecule has 4 aromatic carbocycles. The normalized spacial score (nSPS) is 19.4. The first-order valence-electron chi connectivity index (χ1n) is 13.4. The van der Waals surface area contributed by atoms with Crippen LogP contribution in [0.4, 0.5) is 0 Å². The van der Waals surface area contributed by atoms with Crippen LogP contribution >= 0.6 is 17.0 Å². The van der Waals surface area contributed by atoms with E-state index in [1.54, 1.807) is 0 Å². The molecule has 2 unspecified atom stereocenters. The molecule has 0 radical (unpaired) electrons. The molecular formula is C34H33Cl2SiZr. The van der Waals surface area contributed by atoms with Crippen LogP contribution in [0.3, 0.4) is 0 Å². The van der Waals surface area contributed by atoms with Gasteiger partial charge in [0.15, 0.2) is 0 Å². The zero-order chi connectivity index (χ0) is 26.7. The van der Waals surface area contributed by atoms with E-state index < -0.39 is 21.5 Å². The van der Waals surface area contributed by atoms with Gasteiger partial charge in [0.2, 0.25) is 0 Å². The molecule has 0 aromatic heterocycles. The molecule has 0 spiro atoms. The van der Waals surface area contributed by atoms with Crippen molar-refractivity contribution in [1.82, 2.24) is 0 Å². The fraction of sp³-hybridized carbons (Fsp3) is 0.176. The summed E-state index contributed by atoms with van der Waals surface area (Å²) < 4.78 is 0.0955. The Morgan fingerprint density at radius 3 is 1.32 bits per heavy atom. The zero-order valence-corrected chi connectivity index (χ0v) is 27.5. The van der Waals surface area contributed by atoms with Crippen molar-refractivity contribution in [1.29, 1.82) is 0 Å². The summed E-state index contributed by atoms with van der Waals surface area (Å²) in [5.41, 5.74) is 10.5. The molecule has 2 aliphatic rings. The van der Waals surface area contributed by atoms with Crippen LogP contribution in [0.15, 0.2) is 108 Å². The van der Waals surface area contributed by atoms with Crippen LogP contribution < -0.4 is 10.4 Å². The number of halogens is 2. The molecule has 0 amide bonds. The third-order valence-electron chi connectivity index (χ3n) is 8.91. The van der Waals surface area contributed by atoms with Crippen molar-refractivity contribution in [2.24, 2.45) is 0 Å². The van der Waals surface area contributed by atoms with E-state index in [-0.39, 0.29) is 7.25 Å². The minimum atomic E-state index is -5.07. The van der Waals surface area contributed by atoms with Crippen LogP contribution in [0.2, 0.25) is 0 Å². The molecule has 0 fully saturated rings. The predicted octanol–water partition coefficient (Wildman–Crippen LogP) is 8.46. The van der Waals surface area contributed by atoms with Gasteiger partial charge in [-0.3, -0.25) is 0 Å². The molecule has 0 nitrogen and oxygen atoms in total. The Hall–Kier alpha value is -1.96. The Kier molecular flexibility index (Phi) is 6.64. The summed E-state index contributed by atoms with van der Waals surface area (Å²) in [6.45, 7) is 8.96. The second kappa shape index (κ2) is 9.60. The van der Waals surface area contributed by atoms with Gasteiger partial charge in [0.05, 0.1) is 0 Å². The average molecular weight is 632 g/mol. The Morgan fingerprint density at radius 1 is 0.526 bits per heavy atom. The minimum absolute atomic E-state index is 0.0477. The molecule has 38 heavy (non-hydrogen) atoms. The molecule has 191 valence electrons. The van der Waals surface area contributed by atoms with Crippen LogP contribution in [-0.2, 0) is 15.6 Å². The molecule has 0 bridgehead atoms. The summed E-state index contributed by atoms with van der Waals surface area (Å²) in [6, 6.07) is 35.4. The van der Waals surface area contributed by atoms with Crippen molar-refractivity contribution in [2.75, 3.05) is 0 Å². The first-order valence-corrected chi connectivity index (χ1v) is 28.6. The summed E-state index contributed by atoms with van der Waals surface area (Å²) in [4.78, 5) is 0. The molecule has 0 saturated heterocycles. The first-order chi connectivity index (χ1) is 18.2. The zero-order valence-electron chi connectivity index (χ0n) is 22.4. The number of fused-ring (bicyclic) bond motifs is 2. The van der Waals surface area contributed by atoms with Gasteiger partial charge in [-0.05, 0) is 0 Å². The van der Waals surface area contributed by atoms with Crippen LogP contribution in [0.5, 0.6) is 0 Å². The van der Waals surface area contributed by atoms with Gasteiger partial charge in [-0.25, -0.2) is 0 Å². The predicted molar refractivity (Wildman–Crippen MR) is 166 cm³/mol. The molecule has 2 atom stereocenters. The van der Waals surface area contributed by atoms with E-state index >= 15 is 0 Å². The van der Waals surface area contributed by atoms with Crippen molar-refractivity contribution in [3.05, 3.63) is 142 Å². The molecule has 0 heterocycles. The molecule has 0 aliphatic heterocycles. The van der Waals surface area contributed by atoms with Gasteiger partial charge in [-0.2, -0.15) is 0 Å². The average Bonchev–Trinajstić information content (AvgIpc) is 3.44. The Bertz CT molecular complexity index is 1490. The third kappa shape index (κ3) is 3.87. The van der Waals surface area contributed by atoms with Gasteiger partial charge in [0, 0.05) is 0 Å². The van der Waals surface area contributed by atoms with Crippen LogP contribution in [0.1, 0.15) is 54.5 Å². The molecule has 0 N–H and O–H groups in total. The molecular weight excluding hydrogens is 599 g/mol. The van der Waals surface area contributed by atoms with E-state index in [1.165, 1.54) is 54.9 Å². The Labute approximate surface area is 235 Å². The Morgan fingerprint density at radius 2 is 0.921 bits per heavy atom. The number of rotatable bonds is 5. The van der Waals surface area contributed by atoms with Gasteiger partial charge in [0.1, 0.15) is 0 Å². The van der Waals surface area contributed by atoms with Crippen molar-refractivity contribution in [2.45, 2.75) is 34.9 Å². The van der Waals surface area contributed by atoms with E-state index in [9.17, 15) is 0 Å². The number of benzene rings is 4. The second-order valence-electron chi connectivity index (χ2n) is 11.3. The topological polar surface area (TPSA) is 0 Å². The maximum absolute atomic E-state index is 8.75. The SMILES string of the molecule is CC1=Cc2c(C)cccc2[CH]1[Zr]([Cl])([Cl])([CH]1C(C)=Cc2c(C)cccc21)[SiH](c1ccccc1)c1ccccc1. The summed E-state index contributed by atoms with van der Waals surface area (Å²) in [7, 11) is 17.5. The number of allylic oxidation sites excluding steroid dienone is 2. The van der Waals surface area contributed by atoms with Gasteiger partial charge >= 0.3 is 238 Å². The number of hydrogen-bond donors (Lipinski definition) is 0. The number of hydrogen-bond acceptors (Lipinski definition) is 0. The van der Waals surface area contributed by atoms with E-state index in [4.69, 9.17) is 17.0 Å². The number of aryl methyl sites for hydroxylation is 2. The summed E-state index contributed by atoms with van der Waals surface area (Å²) in [6.07, 6.45) is 4.75. The van der Waals surface area contributed by atoms with Gasteiger partial charge in [-0.1, -0.05) is 0 Å². The van der Waals surface area contributed by atoms with Crippen LogP contribution in [0.25, 0.3) is 12.2 Å². The van der Waals surface area contributed by atoms with Crippen molar-refractivity contribution >= 4 is 45.5 Å². The van der Waals surface area contributed by atoms with Crippen molar-refractivity contribution in [3.63, 3.8) is 0 Å². The first kappa shape index (κ1) is 26.3. The fourth-order valence-corrected chi connectivity index (χ4v) is 58.9. The standard InChI is InChI=1S/C12H11Si.2C11H11.2ClH.Zr/c1-3-7-11(8-4-1)13-12-9-5-2-6-10-12;2*1-8-6-10-5-3-4-9(2)11(10)7-8;;;/h1-10,13H;2*3-7H,1-2H3;2*1H;/q;;;;;+2/p-2. The third-order valence-corrected chi connectivity index (χ3v) is 51.2. The molecule has 4 aromatic rings. The summed E-state index contributed by atoms with van der Waals surface area (Å²) in [5.74, 6) is -2.17. The van der Waals surface area contributed by atoms with Crippen molar-refractivity contribution in [3.8, 4) is 0 Å². The van der Waals surface area contributed by atoms with Crippen LogP contribution in [0, 0.1) is 13.8 Å². The van der Waals surface area contributed by atoms with Crippen molar-refractivity contribution < 1.29 is 15.6 Å². The quantitative estimate of drug-likeness (QED) is 0.194. The summed E-state index contributed by atoms with van der Waals surface area (Å²) >= 11 is -5.07. The fourth-order valence-electron chi connectivity index (χ4n) is 7.50. The van der Waals surface area contributed by atoms with E-state index in [0.29, 0.717) is 0 Å². The molecule has 6 rings (SSSR count). The van der Waals surface area contributed by atoms with E-state index in [1.807, 2.05) is 0 Å². The maximum atomic E-state index is 8.75. The van der Waals surface area contributed by atoms with Crippen LogP contribution in [-0.4, -0.2) is 5.92 Å². The second-order valence-corrected chi connectivity index (χ2v) is 49.4. The van der Waals surface area contributed by atoms with Gasteiger partial charge in [-0.15, -0.1) is 0 Å².